The minimum Gasteiger partial charge on any atom is -0.454 e. The van der Waals surface area contributed by atoms with Gasteiger partial charge < -0.3 is 14.8 Å². The molecule has 0 unspecified atom stereocenters. The third-order valence-corrected chi connectivity index (χ3v) is 5.54. The second-order valence-corrected chi connectivity index (χ2v) is 7.41. The van der Waals surface area contributed by atoms with Crippen LogP contribution in [-0.4, -0.2) is 18.6 Å². The maximum absolute atomic E-state index is 13.8. The number of carbonyl (C=O) groups is 2. The number of hydrogen-bond acceptors (Lipinski definition) is 6. The fraction of sp³-hybridized carbons (Fsp3) is 0.0476. The van der Waals surface area contributed by atoms with Gasteiger partial charge >= 0.3 is 0 Å². The van der Waals surface area contributed by atoms with Crippen molar-refractivity contribution in [3.05, 3.63) is 76.1 Å². The van der Waals surface area contributed by atoms with Crippen molar-refractivity contribution >= 4 is 40.1 Å². The van der Waals surface area contributed by atoms with Crippen LogP contribution in [0.5, 0.6) is 11.5 Å². The number of ether oxygens (including phenoxy) is 2. The molecule has 30 heavy (non-hydrogen) atoms. The zero-order valence-electron chi connectivity index (χ0n) is 15.1. The Balaban J connectivity index is 1.57. The number of rotatable bonds is 4. The van der Waals surface area contributed by atoms with E-state index in [-0.39, 0.29) is 23.8 Å². The van der Waals surface area contributed by atoms with E-state index < -0.39 is 23.4 Å². The van der Waals surface area contributed by atoms with Crippen LogP contribution in [0.25, 0.3) is 5.57 Å². The fourth-order valence-corrected chi connectivity index (χ4v) is 4.04. The van der Waals surface area contributed by atoms with Crippen molar-refractivity contribution in [2.24, 2.45) is 0 Å². The average Bonchev–Trinajstić information content (AvgIpc) is 3.45. The first-order valence-corrected chi connectivity index (χ1v) is 9.69. The van der Waals surface area contributed by atoms with E-state index in [0.29, 0.717) is 22.1 Å². The predicted molar refractivity (Wildman–Crippen MR) is 106 cm³/mol. The minimum absolute atomic E-state index is 0.0334. The molecule has 0 bridgehead atoms. The summed E-state index contributed by atoms with van der Waals surface area (Å²) in [6.45, 7) is 0.100. The highest BCUT2D eigenvalue weighted by Crippen LogP contribution is 2.38. The van der Waals surface area contributed by atoms with Crippen LogP contribution in [0.15, 0.2) is 59.6 Å². The van der Waals surface area contributed by atoms with E-state index in [1.54, 1.807) is 35.7 Å². The molecule has 3 heterocycles. The third kappa shape index (κ3) is 2.91. The van der Waals surface area contributed by atoms with E-state index in [2.05, 4.69) is 5.32 Å². The molecule has 150 valence electrons. The third-order valence-electron chi connectivity index (χ3n) is 4.65. The molecule has 2 amide bonds. The summed E-state index contributed by atoms with van der Waals surface area (Å²) in [6, 6.07) is 11.4. The summed E-state index contributed by atoms with van der Waals surface area (Å²) in [5.41, 5.74) is 0.639. The molecule has 0 saturated carbocycles. The number of nitrogens with one attached hydrogen (secondary N) is 1. The second-order valence-electron chi connectivity index (χ2n) is 6.46. The number of amides is 2. The first-order valence-electron chi connectivity index (χ1n) is 8.81. The Morgan fingerprint density at radius 3 is 2.53 bits per heavy atom. The summed E-state index contributed by atoms with van der Waals surface area (Å²) in [6.07, 6.45) is 0. The zero-order valence-corrected chi connectivity index (χ0v) is 16.0. The molecule has 2 aliphatic heterocycles. The molecular formula is C21H12F2N2O4S. The summed E-state index contributed by atoms with van der Waals surface area (Å²) >= 11 is 1.29. The summed E-state index contributed by atoms with van der Waals surface area (Å²) < 4.78 is 37.7. The van der Waals surface area contributed by atoms with Crippen molar-refractivity contribution in [2.45, 2.75) is 0 Å². The van der Waals surface area contributed by atoms with Crippen LogP contribution in [0.2, 0.25) is 0 Å². The van der Waals surface area contributed by atoms with Gasteiger partial charge in [0, 0.05) is 22.7 Å². The number of benzene rings is 2. The normalized spacial score (nSPS) is 15.3. The van der Waals surface area contributed by atoms with Crippen molar-refractivity contribution < 1.29 is 27.8 Å². The molecule has 1 N–H and O–H groups in total. The number of nitrogens with zero attached hydrogens (tertiary/aromatic N) is 1. The molecule has 2 aromatic carbocycles. The maximum Gasteiger partial charge on any atom is 0.282 e. The van der Waals surface area contributed by atoms with Gasteiger partial charge in [0.1, 0.15) is 5.70 Å². The van der Waals surface area contributed by atoms with E-state index in [1.807, 2.05) is 0 Å². The van der Waals surface area contributed by atoms with Crippen molar-refractivity contribution in [3.63, 3.8) is 0 Å². The first kappa shape index (κ1) is 18.3. The molecule has 0 radical (unpaired) electrons. The lowest BCUT2D eigenvalue weighted by Gasteiger charge is -2.15. The summed E-state index contributed by atoms with van der Waals surface area (Å²) in [5.74, 6) is -2.44. The van der Waals surface area contributed by atoms with Crippen LogP contribution < -0.4 is 19.7 Å². The topological polar surface area (TPSA) is 67.9 Å². The quantitative estimate of drug-likeness (QED) is 0.635. The van der Waals surface area contributed by atoms with Crippen LogP contribution in [0.4, 0.5) is 20.2 Å². The number of hydrogen-bond donors (Lipinski definition) is 1. The smallest absolute Gasteiger partial charge is 0.282 e. The predicted octanol–water partition coefficient (Wildman–Crippen LogP) is 4.15. The number of thiophene rings is 1. The largest absolute Gasteiger partial charge is 0.454 e. The van der Waals surface area contributed by atoms with E-state index >= 15 is 0 Å². The Kier molecular flexibility index (Phi) is 4.25. The van der Waals surface area contributed by atoms with Crippen LogP contribution >= 0.6 is 11.3 Å². The zero-order chi connectivity index (χ0) is 20.8. The summed E-state index contributed by atoms with van der Waals surface area (Å²) in [4.78, 5) is 27.7. The number of fused-ring (bicyclic) bond motifs is 1. The Morgan fingerprint density at radius 2 is 1.77 bits per heavy atom. The average molecular weight is 426 g/mol. The van der Waals surface area contributed by atoms with E-state index in [1.165, 1.54) is 17.4 Å². The van der Waals surface area contributed by atoms with Gasteiger partial charge in [-0.25, -0.2) is 13.7 Å². The van der Waals surface area contributed by atoms with Crippen LogP contribution in [0, 0.1) is 11.6 Å². The van der Waals surface area contributed by atoms with Crippen molar-refractivity contribution in [2.75, 3.05) is 17.0 Å². The van der Waals surface area contributed by atoms with Gasteiger partial charge in [0.15, 0.2) is 23.1 Å². The molecule has 2 aliphatic rings. The van der Waals surface area contributed by atoms with Gasteiger partial charge in [-0.15, -0.1) is 11.3 Å². The van der Waals surface area contributed by atoms with Crippen LogP contribution in [0.3, 0.4) is 0 Å². The molecule has 9 heteroatoms. The standard InChI is InChI=1S/C21H12F2N2O4S/c22-13-5-4-12(9-14(13)23)25-20(26)18(17-2-1-7-30-17)19(21(25)27)24-11-3-6-15-16(8-11)29-10-28-15/h1-9,24H,10H2. The molecule has 0 aliphatic carbocycles. The molecule has 0 atom stereocenters. The molecular weight excluding hydrogens is 414 g/mol. The fourth-order valence-electron chi connectivity index (χ4n) is 3.27. The summed E-state index contributed by atoms with van der Waals surface area (Å²) in [5, 5.41) is 4.76. The Bertz CT molecular complexity index is 1220. The molecule has 0 fully saturated rings. The van der Waals surface area contributed by atoms with Gasteiger partial charge in [-0.05, 0) is 35.7 Å². The number of carbonyl (C=O) groups excluding carboxylic acids is 2. The minimum atomic E-state index is -1.15. The van der Waals surface area contributed by atoms with Gasteiger partial charge in [0.05, 0.1) is 11.3 Å². The van der Waals surface area contributed by atoms with Crippen molar-refractivity contribution in [1.29, 1.82) is 0 Å². The van der Waals surface area contributed by atoms with E-state index in [9.17, 15) is 18.4 Å². The lowest BCUT2D eigenvalue weighted by atomic mass is 10.1. The lowest BCUT2D eigenvalue weighted by Crippen LogP contribution is -2.32. The molecule has 0 spiro atoms. The van der Waals surface area contributed by atoms with Crippen LogP contribution in [0.1, 0.15) is 4.88 Å². The van der Waals surface area contributed by atoms with Gasteiger partial charge in [-0.1, -0.05) is 6.07 Å². The Hall–Kier alpha value is -3.72. The molecule has 0 saturated heterocycles. The number of anilines is 2. The molecule has 5 rings (SSSR count). The monoisotopic (exact) mass is 426 g/mol. The van der Waals surface area contributed by atoms with Gasteiger partial charge in [0.2, 0.25) is 6.79 Å². The number of halogens is 2. The SMILES string of the molecule is O=C1C(Nc2ccc3c(c2)OCO3)=C(c2cccs2)C(=O)N1c1ccc(F)c(F)c1. The molecule has 6 nitrogen and oxygen atoms in total. The van der Waals surface area contributed by atoms with Gasteiger partial charge in [0.25, 0.3) is 11.8 Å². The first-order chi connectivity index (χ1) is 14.5. The highest BCUT2D eigenvalue weighted by atomic mass is 32.1. The van der Waals surface area contributed by atoms with Gasteiger partial charge in [-0.3, -0.25) is 9.59 Å². The summed E-state index contributed by atoms with van der Waals surface area (Å²) in [7, 11) is 0. The lowest BCUT2D eigenvalue weighted by molar-refractivity contribution is -0.120. The molecule has 3 aromatic rings. The maximum atomic E-state index is 13.8. The van der Waals surface area contributed by atoms with Gasteiger partial charge in [-0.2, -0.15) is 0 Å². The number of imide groups is 1. The van der Waals surface area contributed by atoms with Crippen molar-refractivity contribution in [3.8, 4) is 11.5 Å². The molecule has 1 aromatic heterocycles. The highest BCUT2D eigenvalue weighted by Gasteiger charge is 2.41. The van der Waals surface area contributed by atoms with Crippen molar-refractivity contribution in [1.82, 2.24) is 0 Å². The second kappa shape index (κ2) is 6.96. The highest BCUT2D eigenvalue weighted by molar-refractivity contribution is 7.11. The van der Waals surface area contributed by atoms with Crippen LogP contribution in [-0.2, 0) is 9.59 Å². The Morgan fingerprint density at radius 1 is 0.933 bits per heavy atom. The van der Waals surface area contributed by atoms with E-state index in [0.717, 1.165) is 17.0 Å². The van der Waals surface area contributed by atoms with E-state index in [4.69, 9.17) is 9.47 Å². The Labute approximate surface area is 173 Å².